The molecule has 0 unspecified atom stereocenters. The van der Waals surface area contributed by atoms with Crippen molar-refractivity contribution >= 4 is 51.1 Å². The molecule has 2 aliphatic heterocycles. The van der Waals surface area contributed by atoms with Crippen molar-refractivity contribution in [1.82, 2.24) is 4.57 Å². The van der Waals surface area contributed by atoms with E-state index in [9.17, 15) is 0 Å². The Hall–Kier alpha value is -4.50. The average molecular weight is 761 g/mol. The lowest BCUT2D eigenvalue weighted by molar-refractivity contribution is 0.332. The maximum Gasteiger partial charge on any atom is 0.252 e. The maximum absolute atomic E-state index is 2.75. The molecule has 0 saturated heterocycles. The van der Waals surface area contributed by atoms with E-state index in [2.05, 4.69) is 184 Å². The van der Waals surface area contributed by atoms with Crippen LogP contribution in [-0.2, 0) is 32.5 Å². The fourth-order valence-electron chi connectivity index (χ4n) is 12.4. The van der Waals surface area contributed by atoms with Gasteiger partial charge in [0.2, 0.25) is 0 Å². The van der Waals surface area contributed by atoms with Crippen molar-refractivity contribution in [2.75, 3.05) is 4.90 Å². The van der Waals surface area contributed by atoms with Crippen molar-refractivity contribution in [3.63, 3.8) is 0 Å². The van der Waals surface area contributed by atoms with Crippen LogP contribution in [0.3, 0.4) is 0 Å². The Bertz CT molecular complexity index is 2810. The standard InChI is InChI=1S/C55H61BN2/c1-50(2,3)32-27-44-47-45(28-32)58-48-35(46-34-17-14-15-19-36(34)55(12,13)49(46)58)18-16-20-41(48)56(47)42-30-39-40(54(10,11)26-25-53(39,8)9)31-43(42)57(44)33-21-22-37-38(29-33)52(6,7)24-23-51(37,4)5/h14-22,27-31H,23-26H2,1-13H3. The second kappa shape index (κ2) is 11.0. The number of hydrogen-bond acceptors (Lipinski definition) is 1. The number of para-hydroxylation sites is 1. The van der Waals surface area contributed by atoms with Gasteiger partial charge in [-0.2, -0.15) is 0 Å². The Morgan fingerprint density at radius 2 is 1.14 bits per heavy atom. The van der Waals surface area contributed by atoms with Gasteiger partial charge in [0.15, 0.2) is 0 Å². The van der Waals surface area contributed by atoms with Crippen LogP contribution in [0.2, 0.25) is 0 Å². The third-order valence-corrected chi connectivity index (χ3v) is 16.2. The second-order valence-electron chi connectivity index (χ2n) is 23.1. The Morgan fingerprint density at radius 3 is 1.81 bits per heavy atom. The van der Waals surface area contributed by atoms with E-state index in [0.29, 0.717) is 0 Å². The largest absolute Gasteiger partial charge is 0.313 e. The first-order chi connectivity index (χ1) is 27.1. The molecule has 3 heterocycles. The first-order valence-electron chi connectivity index (χ1n) is 22.2. The molecule has 0 amide bonds. The Balaban J connectivity index is 1.31. The smallest absolute Gasteiger partial charge is 0.252 e. The minimum Gasteiger partial charge on any atom is -0.313 e. The van der Waals surface area contributed by atoms with Crippen LogP contribution in [0, 0.1) is 0 Å². The van der Waals surface area contributed by atoms with E-state index in [1.165, 1.54) is 126 Å². The van der Waals surface area contributed by atoms with Crippen LogP contribution in [0.15, 0.2) is 84.9 Å². The van der Waals surface area contributed by atoms with E-state index in [1.54, 1.807) is 0 Å². The van der Waals surface area contributed by atoms with Crippen molar-refractivity contribution in [2.45, 2.75) is 148 Å². The summed E-state index contributed by atoms with van der Waals surface area (Å²) in [5.74, 6) is 0. The summed E-state index contributed by atoms with van der Waals surface area (Å²) < 4.78 is 2.75. The third-order valence-electron chi connectivity index (χ3n) is 16.2. The summed E-state index contributed by atoms with van der Waals surface area (Å²) in [6, 6.07) is 34.6. The molecule has 0 atom stereocenters. The highest BCUT2D eigenvalue weighted by Crippen LogP contribution is 2.56. The quantitative estimate of drug-likeness (QED) is 0.151. The molecule has 11 rings (SSSR count). The molecule has 6 aromatic rings. The van der Waals surface area contributed by atoms with Crippen LogP contribution in [0.1, 0.15) is 155 Å². The highest BCUT2D eigenvalue weighted by Gasteiger charge is 2.49. The van der Waals surface area contributed by atoms with Gasteiger partial charge in [0, 0.05) is 50.3 Å². The number of anilines is 3. The molecule has 0 spiro atoms. The van der Waals surface area contributed by atoms with Crippen LogP contribution < -0.4 is 21.3 Å². The highest BCUT2D eigenvalue weighted by atomic mass is 15.2. The Kier molecular flexibility index (Phi) is 6.94. The van der Waals surface area contributed by atoms with Gasteiger partial charge in [-0.15, -0.1) is 0 Å². The van der Waals surface area contributed by atoms with Crippen molar-refractivity contribution < 1.29 is 0 Å². The van der Waals surface area contributed by atoms with Gasteiger partial charge in [0.25, 0.3) is 6.71 Å². The van der Waals surface area contributed by atoms with Crippen LogP contribution in [0.5, 0.6) is 0 Å². The number of aromatic nitrogens is 1. The third kappa shape index (κ3) is 4.57. The van der Waals surface area contributed by atoms with Gasteiger partial charge in [-0.25, -0.2) is 0 Å². The molecular formula is C55H61BN2. The molecule has 58 heavy (non-hydrogen) atoms. The second-order valence-corrected chi connectivity index (χ2v) is 23.1. The summed E-state index contributed by atoms with van der Waals surface area (Å²) in [4.78, 5) is 2.73. The lowest BCUT2D eigenvalue weighted by Crippen LogP contribution is -2.61. The van der Waals surface area contributed by atoms with E-state index >= 15 is 0 Å². The molecule has 5 aliphatic rings. The van der Waals surface area contributed by atoms with Gasteiger partial charge >= 0.3 is 0 Å². The predicted molar refractivity (Wildman–Crippen MR) is 249 cm³/mol. The minimum absolute atomic E-state index is 0.0540. The molecule has 0 fully saturated rings. The van der Waals surface area contributed by atoms with E-state index in [4.69, 9.17) is 0 Å². The molecule has 1 aromatic heterocycles. The van der Waals surface area contributed by atoms with Crippen LogP contribution >= 0.6 is 0 Å². The summed E-state index contributed by atoms with van der Waals surface area (Å²) in [6.07, 6.45) is 4.81. The molecular weight excluding hydrogens is 699 g/mol. The van der Waals surface area contributed by atoms with Crippen molar-refractivity contribution in [2.24, 2.45) is 0 Å². The van der Waals surface area contributed by atoms with Crippen LogP contribution in [0.4, 0.5) is 17.1 Å². The molecule has 2 nitrogen and oxygen atoms in total. The van der Waals surface area contributed by atoms with Crippen molar-refractivity contribution in [3.05, 3.63) is 124 Å². The van der Waals surface area contributed by atoms with Crippen LogP contribution in [-0.4, -0.2) is 11.3 Å². The van der Waals surface area contributed by atoms with E-state index in [-0.39, 0.29) is 39.2 Å². The highest BCUT2D eigenvalue weighted by molar-refractivity contribution is 7.00. The summed E-state index contributed by atoms with van der Waals surface area (Å²) in [5, 5.41) is 1.39. The zero-order valence-corrected chi connectivity index (χ0v) is 37.4. The van der Waals surface area contributed by atoms with Gasteiger partial charge in [0.05, 0.1) is 0 Å². The molecule has 5 aromatic carbocycles. The van der Waals surface area contributed by atoms with E-state index < -0.39 is 0 Å². The fraction of sp³-hybridized carbons (Fsp3) is 0.418. The van der Waals surface area contributed by atoms with Crippen LogP contribution in [0.25, 0.3) is 27.7 Å². The van der Waals surface area contributed by atoms with Gasteiger partial charge in [0.1, 0.15) is 0 Å². The van der Waals surface area contributed by atoms with Crippen molar-refractivity contribution in [3.8, 4) is 16.8 Å². The molecule has 3 aliphatic carbocycles. The van der Waals surface area contributed by atoms with Gasteiger partial charge in [-0.3, -0.25) is 0 Å². The van der Waals surface area contributed by atoms with Gasteiger partial charge in [-0.05, 0) is 138 Å². The minimum atomic E-state index is -0.155. The average Bonchev–Trinajstić information content (AvgIpc) is 3.64. The number of rotatable bonds is 1. The molecule has 0 bridgehead atoms. The maximum atomic E-state index is 2.75. The van der Waals surface area contributed by atoms with Gasteiger partial charge < -0.3 is 9.47 Å². The first-order valence-corrected chi connectivity index (χ1v) is 22.2. The number of nitrogens with zero attached hydrogens (tertiary/aromatic N) is 2. The normalized spacial score (nSPS) is 20.5. The zero-order chi connectivity index (χ0) is 40.9. The molecule has 0 N–H and O–H groups in total. The lowest BCUT2D eigenvalue weighted by Gasteiger charge is -2.47. The van der Waals surface area contributed by atoms with Crippen molar-refractivity contribution in [1.29, 1.82) is 0 Å². The lowest BCUT2D eigenvalue weighted by atomic mass is 9.33. The topological polar surface area (TPSA) is 8.17 Å². The Labute approximate surface area is 348 Å². The predicted octanol–water partition coefficient (Wildman–Crippen LogP) is 12.5. The number of fused-ring (bicyclic) bond motifs is 11. The molecule has 294 valence electrons. The first kappa shape index (κ1) is 36.6. The van der Waals surface area contributed by atoms with E-state index in [0.717, 1.165) is 0 Å². The van der Waals surface area contributed by atoms with Gasteiger partial charge in [-0.1, -0.05) is 145 Å². The summed E-state index contributed by atoms with van der Waals surface area (Å²) in [5.41, 5.74) is 24.5. The fourth-order valence-corrected chi connectivity index (χ4v) is 12.4. The molecule has 0 radical (unpaired) electrons. The molecule has 3 heteroatoms. The SMILES string of the molecule is CC(C)(C)c1cc2c3c(c1)-n1c4c(c5cccc(c51)B3c1cc3c(cc1N2c1ccc2c(c1)C(C)(C)CCC2(C)C)C(C)(C)CCC3(C)C)-c1ccccc1C4(C)C. The number of hydrogen-bond donors (Lipinski definition) is 0. The Morgan fingerprint density at radius 1 is 0.534 bits per heavy atom. The summed E-state index contributed by atoms with van der Waals surface area (Å²) in [7, 11) is 0. The zero-order valence-electron chi connectivity index (χ0n) is 37.4. The number of benzene rings is 5. The molecule has 0 saturated carbocycles. The summed E-state index contributed by atoms with van der Waals surface area (Å²) >= 11 is 0. The summed E-state index contributed by atoms with van der Waals surface area (Å²) in [6.45, 7) is 32.1. The van der Waals surface area contributed by atoms with E-state index in [1.807, 2.05) is 0 Å². The monoisotopic (exact) mass is 760 g/mol.